The highest BCUT2D eigenvalue weighted by Gasteiger charge is 2.33. The van der Waals surface area contributed by atoms with Gasteiger partial charge in [-0.05, 0) is 25.5 Å². The molecule has 120 valence electrons. The van der Waals surface area contributed by atoms with Gasteiger partial charge in [-0.2, -0.15) is 13.2 Å². The number of nitrogens with two attached hydrogens (primary N) is 1. The zero-order chi connectivity index (χ0) is 16.9. The van der Waals surface area contributed by atoms with Crippen LogP contribution in [0.1, 0.15) is 16.8 Å². The van der Waals surface area contributed by atoms with Crippen LogP contribution in [0.4, 0.5) is 19.0 Å². The Morgan fingerprint density at radius 1 is 1.26 bits per heavy atom. The summed E-state index contributed by atoms with van der Waals surface area (Å²) in [5.41, 5.74) is 6.97. The van der Waals surface area contributed by atoms with Gasteiger partial charge in [0.25, 0.3) is 5.65 Å². The second kappa shape index (κ2) is 5.09. The third-order valence-corrected chi connectivity index (χ3v) is 3.72. The molecule has 0 saturated heterocycles. The summed E-state index contributed by atoms with van der Waals surface area (Å²) in [6, 6.07) is 2.55. The van der Waals surface area contributed by atoms with Crippen molar-refractivity contribution < 1.29 is 17.9 Å². The first kappa shape index (κ1) is 15.5. The van der Waals surface area contributed by atoms with Crippen LogP contribution in [-0.4, -0.2) is 15.1 Å². The summed E-state index contributed by atoms with van der Waals surface area (Å²) >= 11 is 6.00. The Kier molecular flexibility index (Phi) is 3.44. The number of fused-ring (bicyclic) bond motifs is 1. The molecule has 0 amide bonds. The third kappa shape index (κ3) is 2.59. The summed E-state index contributed by atoms with van der Waals surface area (Å²) in [5.74, 6) is 0.418. The van der Waals surface area contributed by atoms with Gasteiger partial charge in [0.1, 0.15) is 11.2 Å². The number of nitrogens with zero attached hydrogens (tertiary/aromatic N) is 3. The normalized spacial score (nSPS) is 12.1. The van der Waals surface area contributed by atoms with Crippen molar-refractivity contribution in [1.82, 2.24) is 15.1 Å². The highest BCUT2D eigenvalue weighted by molar-refractivity contribution is 6.31. The minimum atomic E-state index is -4.51. The molecule has 3 N–H and O–H groups in total. The van der Waals surface area contributed by atoms with E-state index in [2.05, 4.69) is 15.1 Å². The molecule has 0 aliphatic carbocycles. The van der Waals surface area contributed by atoms with E-state index in [0.29, 0.717) is 11.5 Å². The second-order valence-corrected chi connectivity index (χ2v) is 5.57. The Labute approximate surface area is 133 Å². The maximum absolute atomic E-state index is 12.7. The van der Waals surface area contributed by atoms with Gasteiger partial charge in [0, 0.05) is 6.07 Å². The fourth-order valence-electron chi connectivity index (χ4n) is 2.49. The Balaban J connectivity index is 2.26. The number of pyridine rings is 2. The highest BCUT2D eigenvalue weighted by atomic mass is 35.5. The van der Waals surface area contributed by atoms with Crippen molar-refractivity contribution >= 4 is 28.5 Å². The summed E-state index contributed by atoms with van der Waals surface area (Å²) in [7, 11) is 0. The molecule has 9 heteroatoms. The van der Waals surface area contributed by atoms with Crippen molar-refractivity contribution in [3.05, 3.63) is 40.2 Å². The van der Waals surface area contributed by atoms with E-state index in [4.69, 9.17) is 17.3 Å². The van der Waals surface area contributed by atoms with Crippen LogP contribution in [0, 0.1) is 13.8 Å². The monoisotopic (exact) mass is 342 g/mol. The standard InChI is InChI=1S/C14H11ClF3N5/c1-6-3-10(19)21-13-11(6)7(2)22-23(13)12-9(15)4-8(5-20-12)14(16,17)18/h3-5H,1-2H3,(H2,19,21,22)/p+1. The fourth-order valence-corrected chi connectivity index (χ4v) is 2.74. The van der Waals surface area contributed by atoms with Crippen molar-refractivity contribution in [3.8, 4) is 5.82 Å². The van der Waals surface area contributed by atoms with E-state index >= 15 is 0 Å². The summed E-state index contributed by atoms with van der Waals surface area (Å²) in [6.45, 7) is 3.69. The van der Waals surface area contributed by atoms with E-state index in [1.54, 1.807) is 6.07 Å². The minimum Gasteiger partial charge on any atom is -0.370 e. The Morgan fingerprint density at radius 3 is 2.57 bits per heavy atom. The molecule has 0 fully saturated rings. The molecular weight excluding hydrogens is 331 g/mol. The lowest BCUT2D eigenvalue weighted by Crippen LogP contribution is -2.35. The molecule has 3 aromatic heterocycles. The summed E-state index contributed by atoms with van der Waals surface area (Å²) in [5, 5.41) is 3.68. The van der Waals surface area contributed by atoms with Gasteiger partial charge in [-0.3, -0.25) is 0 Å². The number of rotatable bonds is 1. The first-order valence-electron chi connectivity index (χ1n) is 6.59. The number of alkyl halides is 3. The molecule has 3 rings (SSSR count). The minimum absolute atomic E-state index is 0.121. The Bertz CT molecular complexity index is 917. The van der Waals surface area contributed by atoms with Crippen LogP contribution in [-0.2, 0) is 6.18 Å². The molecule has 0 radical (unpaired) electrons. The van der Waals surface area contributed by atoms with Crippen LogP contribution >= 0.6 is 11.6 Å². The molecule has 5 nitrogen and oxygen atoms in total. The Hall–Kier alpha value is -2.35. The number of halogens is 4. The number of aryl methyl sites for hydroxylation is 2. The van der Waals surface area contributed by atoms with Crippen molar-refractivity contribution in [2.45, 2.75) is 20.0 Å². The molecule has 0 aliphatic heterocycles. The lowest BCUT2D eigenvalue weighted by atomic mass is 10.1. The fraction of sp³-hybridized carbons (Fsp3) is 0.214. The summed E-state index contributed by atoms with van der Waals surface area (Å²) in [4.78, 5) is 8.07. The maximum atomic E-state index is 12.7. The molecule has 0 saturated carbocycles. The largest absolute Gasteiger partial charge is 0.419 e. The van der Waals surface area contributed by atoms with Gasteiger partial charge in [-0.15, -0.1) is 9.67 Å². The molecule has 23 heavy (non-hydrogen) atoms. The van der Waals surface area contributed by atoms with Gasteiger partial charge in [0.15, 0.2) is 0 Å². The number of hydrogen-bond acceptors (Lipinski definition) is 3. The number of anilines is 1. The number of nitrogen functional groups attached to an aromatic ring is 1. The lowest BCUT2D eigenvalue weighted by molar-refractivity contribution is -0.635. The molecule has 3 heterocycles. The quantitative estimate of drug-likeness (QED) is 0.667. The SMILES string of the molecule is Cc1cc(N)nc2c1c(C)[nH][n+]2-c1ncc(C(F)(F)F)cc1Cl. The predicted molar refractivity (Wildman–Crippen MR) is 79.3 cm³/mol. The van der Waals surface area contributed by atoms with E-state index in [9.17, 15) is 13.2 Å². The predicted octanol–water partition coefficient (Wildman–Crippen LogP) is 3.11. The van der Waals surface area contributed by atoms with Crippen molar-refractivity contribution in [2.24, 2.45) is 0 Å². The second-order valence-electron chi connectivity index (χ2n) is 5.16. The van der Waals surface area contributed by atoms with Crippen LogP contribution in [0.3, 0.4) is 0 Å². The van der Waals surface area contributed by atoms with Crippen molar-refractivity contribution in [1.29, 1.82) is 0 Å². The van der Waals surface area contributed by atoms with E-state index in [-0.39, 0.29) is 10.8 Å². The van der Waals surface area contributed by atoms with Gasteiger partial charge < -0.3 is 5.73 Å². The zero-order valence-corrected chi connectivity index (χ0v) is 12.9. The van der Waals surface area contributed by atoms with Crippen LogP contribution in [0.5, 0.6) is 0 Å². The third-order valence-electron chi connectivity index (χ3n) is 3.44. The molecule has 0 aliphatic rings. The molecule has 0 unspecified atom stereocenters. The van der Waals surface area contributed by atoms with E-state index in [1.807, 2.05) is 13.8 Å². The molecule has 0 bridgehead atoms. The summed E-state index contributed by atoms with van der Waals surface area (Å²) in [6.07, 6.45) is -3.78. The van der Waals surface area contributed by atoms with Gasteiger partial charge in [0.05, 0.1) is 16.6 Å². The van der Waals surface area contributed by atoms with E-state index in [0.717, 1.165) is 28.9 Å². The molecule has 0 spiro atoms. The molecule has 3 aromatic rings. The Morgan fingerprint density at radius 2 is 1.96 bits per heavy atom. The number of H-pyrrole nitrogens is 1. The lowest BCUT2D eigenvalue weighted by Gasteiger charge is -2.05. The molecule has 0 aromatic carbocycles. The van der Waals surface area contributed by atoms with E-state index in [1.165, 1.54) is 4.68 Å². The highest BCUT2D eigenvalue weighted by Crippen LogP contribution is 2.31. The van der Waals surface area contributed by atoms with Gasteiger partial charge in [-0.1, -0.05) is 16.6 Å². The maximum Gasteiger partial charge on any atom is 0.419 e. The van der Waals surface area contributed by atoms with Crippen LogP contribution in [0.25, 0.3) is 16.9 Å². The first-order chi connectivity index (χ1) is 10.7. The number of aromatic amines is 1. The van der Waals surface area contributed by atoms with Gasteiger partial charge >= 0.3 is 12.0 Å². The summed E-state index contributed by atoms with van der Waals surface area (Å²) < 4.78 is 39.6. The number of nitrogens with one attached hydrogen (secondary N) is 1. The van der Waals surface area contributed by atoms with Gasteiger partial charge in [0.2, 0.25) is 5.82 Å². The average molecular weight is 343 g/mol. The van der Waals surface area contributed by atoms with Crippen LogP contribution < -0.4 is 10.4 Å². The zero-order valence-electron chi connectivity index (χ0n) is 12.2. The topological polar surface area (TPSA) is 71.5 Å². The van der Waals surface area contributed by atoms with Crippen LogP contribution in [0.15, 0.2) is 18.3 Å². The van der Waals surface area contributed by atoms with Crippen LogP contribution in [0.2, 0.25) is 5.02 Å². The number of aromatic nitrogens is 4. The molecule has 0 atom stereocenters. The smallest absolute Gasteiger partial charge is 0.370 e. The van der Waals surface area contributed by atoms with Crippen molar-refractivity contribution in [2.75, 3.05) is 5.73 Å². The van der Waals surface area contributed by atoms with Gasteiger partial charge in [-0.25, -0.2) is 5.10 Å². The first-order valence-corrected chi connectivity index (χ1v) is 6.97. The average Bonchev–Trinajstić information content (AvgIpc) is 2.74. The number of hydrogen-bond donors (Lipinski definition) is 2. The van der Waals surface area contributed by atoms with E-state index < -0.39 is 11.7 Å². The molecular formula is C14H12ClF3N5+. The van der Waals surface area contributed by atoms with Crippen molar-refractivity contribution in [3.63, 3.8) is 0 Å².